The van der Waals surface area contributed by atoms with E-state index in [0.717, 1.165) is 28.0 Å². The van der Waals surface area contributed by atoms with Crippen molar-refractivity contribution in [2.45, 2.75) is 13.2 Å². The zero-order chi connectivity index (χ0) is 14.5. The molecule has 1 N–H and O–H groups in total. The molecule has 0 saturated carbocycles. The average Bonchev–Trinajstić information content (AvgIpc) is 2.53. The number of para-hydroxylation sites is 2. The van der Waals surface area contributed by atoms with Gasteiger partial charge in [0.15, 0.2) is 0 Å². The molecular formula is C17H17N3O. The Morgan fingerprint density at radius 1 is 1.05 bits per heavy atom. The van der Waals surface area contributed by atoms with Crippen LogP contribution in [0.1, 0.15) is 11.3 Å². The number of hydrogen-bond acceptors (Lipinski definition) is 4. The Kier molecular flexibility index (Phi) is 4.07. The fraction of sp³-hybridized carbons (Fsp3) is 0.176. The maximum Gasteiger partial charge on any atom is 0.0890 e. The van der Waals surface area contributed by atoms with Gasteiger partial charge in [-0.15, -0.1) is 0 Å². The van der Waals surface area contributed by atoms with Crippen LogP contribution in [0.2, 0.25) is 0 Å². The molecule has 1 aromatic heterocycles. The number of hydrogen-bond donors (Lipinski definition) is 1. The smallest absolute Gasteiger partial charge is 0.0890 e. The first-order valence-corrected chi connectivity index (χ1v) is 6.87. The molecule has 4 heteroatoms. The minimum Gasteiger partial charge on any atom is -0.380 e. The number of ether oxygens (including phenoxy) is 1. The van der Waals surface area contributed by atoms with Gasteiger partial charge in [-0.2, -0.15) is 0 Å². The Balaban J connectivity index is 1.72. The van der Waals surface area contributed by atoms with Crippen LogP contribution in [-0.2, 0) is 17.9 Å². The Morgan fingerprint density at radius 3 is 2.76 bits per heavy atom. The predicted octanol–water partition coefficient (Wildman–Crippen LogP) is 3.39. The lowest BCUT2D eigenvalue weighted by atomic mass is 10.2. The molecule has 0 atom stereocenters. The minimum atomic E-state index is 0.616. The first-order chi connectivity index (χ1) is 10.3. The maximum atomic E-state index is 5.14. The SMILES string of the molecule is COCc1cccc(NCc2cnc3ccccc3n2)c1. The number of benzene rings is 2. The molecule has 0 aliphatic rings. The summed E-state index contributed by atoms with van der Waals surface area (Å²) in [7, 11) is 1.70. The highest BCUT2D eigenvalue weighted by Gasteiger charge is 2.00. The summed E-state index contributed by atoms with van der Waals surface area (Å²) in [5.74, 6) is 0. The molecule has 2 aromatic carbocycles. The standard InChI is InChI=1S/C17H17N3O/c1-21-12-13-5-4-6-14(9-13)18-10-15-11-19-16-7-2-3-8-17(16)20-15/h2-9,11,18H,10,12H2,1H3. The fourth-order valence-electron chi connectivity index (χ4n) is 2.21. The van der Waals surface area contributed by atoms with Crippen LogP contribution in [-0.4, -0.2) is 17.1 Å². The van der Waals surface area contributed by atoms with Gasteiger partial charge in [0, 0.05) is 12.8 Å². The lowest BCUT2D eigenvalue weighted by molar-refractivity contribution is 0.185. The van der Waals surface area contributed by atoms with Crippen LogP contribution in [0.5, 0.6) is 0 Å². The van der Waals surface area contributed by atoms with Crippen LogP contribution in [0, 0.1) is 0 Å². The lowest BCUT2D eigenvalue weighted by Gasteiger charge is -2.08. The van der Waals surface area contributed by atoms with E-state index < -0.39 is 0 Å². The topological polar surface area (TPSA) is 47.0 Å². The van der Waals surface area contributed by atoms with Gasteiger partial charge in [-0.1, -0.05) is 24.3 Å². The minimum absolute atomic E-state index is 0.616. The third kappa shape index (κ3) is 3.35. The zero-order valence-electron chi connectivity index (χ0n) is 11.9. The normalized spacial score (nSPS) is 10.7. The van der Waals surface area contributed by atoms with Crippen molar-refractivity contribution >= 4 is 16.7 Å². The molecule has 0 fully saturated rings. The van der Waals surface area contributed by atoms with E-state index in [4.69, 9.17) is 4.74 Å². The van der Waals surface area contributed by atoms with Gasteiger partial charge in [-0.05, 0) is 29.8 Å². The highest BCUT2D eigenvalue weighted by molar-refractivity contribution is 5.73. The highest BCUT2D eigenvalue weighted by atomic mass is 16.5. The summed E-state index contributed by atoms with van der Waals surface area (Å²) in [5, 5.41) is 3.37. The quantitative estimate of drug-likeness (QED) is 0.777. The molecule has 4 nitrogen and oxygen atoms in total. The molecule has 0 bridgehead atoms. The summed E-state index contributed by atoms with van der Waals surface area (Å²) < 4.78 is 5.14. The Morgan fingerprint density at radius 2 is 1.90 bits per heavy atom. The van der Waals surface area contributed by atoms with Gasteiger partial charge in [0.25, 0.3) is 0 Å². The van der Waals surface area contributed by atoms with Crippen molar-refractivity contribution in [2.24, 2.45) is 0 Å². The van der Waals surface area contributed by atoms with Crippen molar-refractivity contribution < 1.29 is 4.74 Å². The second-order valence-electron chi connectivity index (χ2n) is 4.84. The van der Waals surface area contributed by atoms with Crippen LogP contribution in [0.3, 0.4) is 0 Å². The number of aromatic nitrogens is 2. The summed E-state index contributed by atoms with van der Waals surface area (Å²) >= 11 is 0. The summed E-state index contributed by atoms with van der Waals surface area (Å²) in [6.07, 6.45) is 1.81. The molecule has 106 valence electrons. The summed E-state index contributed by atoms with van der Waals surface area (Å²) in [6, 6.07) is 16.1. The Hall–Kier alpha value is -2.46. The van der Waals surface area contributed by atoms with E-state index in [-0.39, 0.29) is 0 Å². The summed E-state index contributed by atoms with van der Waals surface area (Å²) in [5.41, 5.74) is 4.96. The molecule has 0 aliphatic heterocycles. The van der Waals surface area contributed by atoms with Gasteiger partial charge in [-0.3, -0.25) is 4.98 Å². The zero-order valence-corrected chi connectivity index (χ0v) is 11.9. The van der Waals surface area contributed by atoms with Crippen molar-refractivity contribution in [3.8, 4) is 0 Å². The third-order valence-corrected chi connectivity index (χ3v) is 3.21. The predicted molar refractivity (Wildman–Crippen MR) is 84.0 cm³/mol. The van der Waals surface area contributed by atoms with E-state index >= 15 is 0 Å². The van der Waals surface area contributed by atoms with Crippen LogP contribution >= 0.6 is 0 Å². The van der Waals surface area contributed by atoms with Gasteiger partial charge < -0.3 is 10.1 Å². The summed E-state index contributed by atoms with van der Waals surface area (Å²) in [4.78, 5) is 9.02. The number of nitrogens with zero attached hydrogens (tertiary/aromatic N) is 2. The van der Waals surface area contributed by atoms with Crippen LogP contribution < -0.4 is 5.32 Å². The molecule has 1 heterocycles. The average molecular weight is 279 g/mol. The van der Waals surface area contributed by atoms with Crippen molar-refractivity contribution in [1.29, 1.82) is 0 Å². The third-order valence-electron chi connectivity index (χ3n) is 3.21. The molecule has 21 heavy (non-hydrogen) atoms. The first kappa shape index (κ1) is 13.5. The first-order valence-electron chi connectivity index (χ1n) is 6.87. The van der Waals surface area contributed by atoms with Gasteiger partial charge in [0.2, 0.25) is 0 Å². The lowest BCUT2D eigenvalue weighted by Crippen LogP contribution is -2.03. The monoisotopic (exact) mass is 279 g/mol. The number of rotatable bonds is 5. The van der Waals surface area contributed by atoms with E-state index in [1.165, 1.54) is 0 Å². The van der Waals surface area contributed by atoms with E-state index in [1.54, 1.807) is 7.11 Å². The molecule has 0 amide bonds. The van der Waals surface area contributed by atoms with E-state index in [1.807, 2.05) is 48.7 Å². The van der Waals surface area contributed by atoms with Crippen LogP contribution in [0.25, 0.3) is 11.0 Å². The number of methoxy groups -OCH3 is 1. The molecule has 3 rings (SSSR count). The Bertz CT molecular complexity index is 743. The molecular weight excluding hydrogens is 262 g/mol. The largest absolute Gasteiger partial charge is 0.380 e. The second-order valence-corrected chi connectivity index (χ2v) is 4.84. The van der Waals surface area contributed by atoms with Crippen molar-refractivity contribution in [3.63, 3.8) is 0 Å². The Labute approximate surface area is 123 Å². The van der Waals surface area contributed by atoms with Crippen LogP contribution in [0.4, 0.5) is 5.69 Å². The molecule has 0 unspecified atom stereocenters. The molecule has 0 aliphatic carbocycles. The van der Waals surface area contributed by atoms with Gasteiger partial charge in [0.1, 0.15) is 0 Å². The molecule has 0 saturated heterocycles. The number of nitrogens with one attached hydrogen (secondary N) is 1. The van der Waals surface area contributed by atoms with E-state index in [9.17, 15) is 0 Å². The van der Waals surface area contributed by atoms with Crippen molar-refractivity contribution in [1.82, 2.24) is 9.97 Å². The van der Waals surface area contributed by atoms with Crippen molar-refractivity contribution in [2.75, 3.05) is 12.4 Å². The van der Waals surface area contributed by atoms with Crippen LogP contribution in [0.15, 0.2) is 54.7 Å². The number of fused-ring (bicyclic) bond motifs is 1. The highest BCUT2D eigenvalue weighted by Crippen LogP contribution is 2.13. The van der Waals surface area contributed by atoms with Gasteiger partial charge >= 0.3 is 0 Å². The maximum absolute atomic E-state index is 5.14. The summed E-state index contributed by atoms with van der Waals surface area (Å²) in [6.45, 7) is 1.26. The number of anilines is 1. The van der Waals surface area contributed by atoms with E-state index in [0.29, 0.717) is 13.2 Å². The molecule has 0 spiro atoms. The van der Waals surface area contributed by atoms with Crippen molar-refractivity contribution in [3.05, 3.63) is 66.0 Å². The van der Waals surface area contributed by atoms with Gasteiger partial charge in [-0.25, -0.2) is 4.98 Å². The fourth-order valence-corrected chi connectivity index (χ4v) is 2.21. The van der Waals surface area contributed by atoms with Gasteiger partial charge in [0.05, 0.1) is 36.1 Å². The second kappa shape index (κ2) is 6.33. The van der Waals surface area contributed by atoms with E-state index in [2.05, 4.69) is 21.4 Å². The molecule has 0 radical (unpaired) electrons. The molecule has 3 aromatic rings.